The van der Waals surface area contributed by atoms with Gasteiger partial charge < -0.3 is 10.4 Å². The van der Waals surface area contributed by atoms with E-state index in [0.29, 0.717) is 10.6 Å². The second-order valence-corrected chi connectivity index (χ2v) is 7.11. The van der Waals surface area contributed by atoms with Crippen LogP contribution in [0.2, 0.25) is 0 Å². The van der Waals surface area contributed by atoms with Crippen molar-refractivity contribution < 1.29 is 9.90 Å². The van der Waals surface area contributed by atoms with Crippen molar-refractivity contribution in [1.29, 1.82) is 0 Å². The van der Waals surface area contributed by atoms with E-state index in [2.05, 4.69) is 26.1 Å². The largest absolute Gasteiger partial charge is 0.389 e. The monoisotopic (exact) mass is 303 g/mol. The summed E-state index contributed by atoms with van der Waals surface area (Å²) in [7, 11) is 0. The number of rotatable bonds is 3. The van der Waals surface area contributed by atoms with E-state index in [0.717, 1.165) is 11.1 Å². The lowest BCUT2D eigenvalue weighted by Crippen LogP contribution is -2.16. The van der Waals surface area contributed by atoms with Gasteiger partial charge in [0.1, 0.15) is 0 Å². The summed E-state index contributed by atoms with van der Waals surface area (Å²) in [6, 6.07) is 9.47. The Bertz CT molecular complexity index is 625. The van der Waals surface area contributed by atoms with Crippen LogP contribution in [0, 0.1) is 0 Å². The number of hydrogen-bond acceptors (Lipinski definition) is 3. The number of carbonyl (C=O) groups is 1. The number of amides is 1. The lowest BCUT2D eigenvalue weighted by atomic mass is 9.85. The molecule has 3 nitrogen and oxygen atoms in total. The van der Waals surface area contributed by atoms with Crippen LogP contribution in [0.15, 0.2) is 35.7 Å². The molecule has 0 aliphatic carbocycles. The Labute approximate surface area is 129 Å². The van der Waals surface area contributed by atoms with E-state index in [1.807, 2.05) is 29.6 Å². The molecule has 4 heteroatoms. The zero-order valence-electron chi connectivity index (χ0n) is 12.8. The maximum atomic E-state index is 12.2. The molecule has 21 heavy (non-hydrogen) atoms. The Hall–Kier alpha value is -1.65. The highest BCUT2D eigenvalue weighted by Crippen LogP contribution is 2.30. The van der Waals surface area contributed by atoms with Crippen molar-refractivity contribution in [1.82, 2.24) is 0 Å². The molecule has 1 atom stereocenters. The van der Waals surface area contributed by atoms with Gasteiger partial charge in [-0.05, 0) is 35.4 Å². The third-order valence-corrected chi connectivity index (χ3v) is 4.23. The topological polar surface area (TPSA) is 49.3 Å². The van der Waals surface area contributed by atoms with Gasteiger partial charge in [0.15, 0.2) is 0 Å². The average molecular weight is 303 g/mol. The molecule has 1 heterocycles. The molecule has 0 saturated carbocycles. The van der Waals surface area contributed by atoms with Crippen molar-refractivity contribution in [3.05, 3.63) is 51.7 Å². The van der Waals surface area contributed by atoms with E-state index in [4.69, 9.17) is 0 Å². The lowest BCUT2D eigenvalue weighted by molar-refractivity contribution is 0.103. The number of hydrogen-bond donors (Lipinski definition) is 2. The standard InChI is InChI=1S/C17H21NO2S/c1-11(19)13-8-7-12(17(2,3)4)10-14(13)18-16(20)15-6-5-9-21-15/h5-11,19H,1-4H3,(H,18,20)/t11-/m0/s1. The fourth-order valence-corrected chi connectivity index (χ4v) is 2.71. The number of nitrogens with one attached hydrogen (secondary N) is 1. The second kappa shape index (κ2) is 6.00. The maximum absolute atomic E-state index is 12.2. The molecule has 0 radical (unpaired) electrons. The van der Waals surface area contributed by atoms with Gasteiger partial charge in [-0.15, -0.1) is 11.3 Å². The highest BCUT2D eigenvalue weighted by atomic mass is 32.1. The summed E-state index contributed by atoms with van der Waals surface area (Å²) in [5.41, 5.74) is 2.51. The zero-order valence-corrected chi connectivity index (χ0v) is 13.6. The first-order valence-electron chi connectivity index (χ1n) is 6.96. The van der Waals surface area contributed by atoms with Gasteiger partial charge in [0.25, 0.3) is 5.91 Å². The molecule has 1 amide bonds. The van der Waals surface area contributed by atoms with E-state index in [-0.39, 0.29) is 11.3 Å². The fraction of sp³-hybridized carbons (Fsp3) is 0.353. The minimum absolute atomic E-state index is 0.0143. The molecule has 0 bridgehead atoms. The Morgan fingerprint density at radius 1 is 1.29 bits per heavy atom. The van der Waals surface area contributed by atoms with Gasteiger partial charge in [0.05, 0.1) is 11.0 Å². The van der Waals surface area contributed by atoms with Crippen LogP contribution in [-0.4, -0.2) is 11.0 Å². The third-order valence-electron chi connectivity index (χ3n) is 3.36. The minimum Gasteiger partial charge on any atom is -0.389 e. The molecular weight excluding hydrogens is 282 g/mol. The smallest absolute Gasteiger partial charge is 0.265 e. The molecular formula is C17H21NO2S. The summed E-state index contributed by atoms with van der Waals surface area (Å²) >= 11 is 1.40. The quantitative estimate of drug-likeness (QED) is 0.885. The predicted octanol–water partition coefficient (Wildman–Crippen LogP) is 4.35. The van der Waals surface area contributed by atoms with Gasteiger partial charge in [-0.3, -0.25) is 4.79 Å². The molecule has 1 aromatic heterocycles. The highest BCUT2D eigenvalue weighted by Gasteiger charge is 2.18. The van der Waals surface area contributed by atoms with Gasteiger partial charge in [-0.25, -0.2) is 0 Å². The molecule has 2 N–H and O–H groups in total. The molecule has 2 aromatic rings. The van der Waals surface area contributed by atoms with E-state index in [1.54, 1.807) is 13.0 Å². The first kappa shape index (κ1) is 15.7. The number of carbonyl (C=O) groups excluding carboxylic acids is 1. The average Bonchev–Trinajstić information content (AvgIpc) is 2.91. The maximum Gasteiger partial charge on any atom is 0.265 e. The minimum atomic E-state index is -0.627. The summed E-state index contributed by atoms with van der Waals surface area (Å²) in [5.74, 6) is -0.141. The summed E-state index contributed by atoms with van der Waals surface area (Å²) in [4.78, 5) is 12.9. The molecule has 0 aliphatic rings. The van der Waals surface area contributed by atoms with Gasteiger partial charge in [-0.2, -0.15) is 0 Å². The molecule has 0 aliphatic heterocycles. The predicted molar refractivity (Wildman–Crippen MR) is 88.0 cm³/mol. The Morgan fingerprint density at radius 2 is 2.00 bits per heavy atom. The molecule has 112 valence electrons. The highest BCUT2D eigenvalue weighted by molar-refractivity contribution is 7.12. The van der Waals surface area contributed by atoms with Crippen LogP contribution in [0.4, 0.5) is 5.69 Å². The summed E-state index contributed by atoms with van der Waals surface area (Å²) in [6.07, 6.45) is -0.627. The van der Waals surface area contributed by atoms with Crippen LogP contribution in [0.3, 0.4) is 0 Å². The number of aliphatic hydroxyl groups excluding tert-OH is 1. The van der Waals surface area contributed by atoms with E-state index < -0.39 is 6.10 Å². The summed E-state index contributed by atoms with van der Waals surface area (Å²) in [6.45, 7) is 8.06. The number of benzene rings is 1. The fourth-order valence-electron chi connectivity index (χ4n) is 2.09. The first-order valence-corrected chi connectivity index (χ1v) is 7.84. The Balaban J connectivity index is 2.37. The van der Waals surface area contributed by atoms with Gasteiger partial charge >= 0.3 is 0 Å². The molecule has 2 rings (SSSR count). The van der Waals surface area contributed by atoms with Crippen LogP contribution >= 0.6 is 11.3 Å². The molecule has 0 spiro atoms. The Morgan fingerprint density at radius 3 is 2.52 bits per heavy atom. The van der Waals surface area contributed by atoms with Crippen molar-refractivity contribution in [3.8, 4) is 0 Å². The summed E-state index contributed by atoms with van der Waals surface area (Å²) in [5, 5.41) is 14.7. The van der Waals surface area contributed by atoms with Crippen molar-refractivity contribution in [3.63, 3.8) is 0 Å². The first-order chi connectivity index (χ1) is 9.79. The number of thiophene rings is 1. The lowest BCUT2D eigenvalue weighted by Gasteiger charge is -2.22. The third kappa shape index (κ3) is 3.71. The number of anilines is 1. The van der Waals surface area contributed by atoms with Crippen LogP contribution < -0.4 is 5.32 Å². The zero-order chi connectivity index (χ0) is 15.6. The van der Waals surface area contributed by atoms with Crippen molar-refractivity contribution in [2.45, 2.75) is 39.2 Å². The SMILES string of the molecule is C[C@H](O)c1ccc(C(C)(C)C)cc1NC(=O)c1cccs1. The van der Waals surface area contributed by atoms with Crippen LogP contribution in [0.5, 0.6) is 0 Å². The second-order valence-electron chi connectivity index (χ2n) is 6.16. The van der Waals surface area contributed by atoms with Crippen LogP contribution in [0.25, 0.3) is 0 Å². The van der Waals surface area contributed by atoms with Crippen LogP contribution in [0.1, 0.15) is 54.6 Å². The molecule has 0 fully saturated rings. The van der Waals surface area contributed by atoms with Gasteiger partial charge in [0.2, 0.25) is 0 Å². The van der Waals surface area contributed by atoms with E-state index >= 15 is 0 Å². The van der Waals surface area contributed by atoms with Crippen molar-refractivity contribution in [2.24, 2.45) is 0 Å². The molecule has 1 aromatic carbocycles. The van der Waals surface area contributed by atoms with Crippen LogP contribution in [-0.2, 0) is 5.41 Å². The summed E-state index contributed by atoms with van der Waals surface area (Å²) < 4.78 is 0. The van der Waals surface area contributed by atoms with Crippen molar-refractivity contribution >= 4 is 22.9 Å². The van der Waals surface area contributed by atoms with E-state index in [9.17, 15) is 9.90 Å². The Kier molecular flexibility index (Phi) is 4.49. The van der Waals surface area contributed by atoms with Crippen molar-refractivity contribution in [2.75, 3.05) is 5.32 Å². The van der Waals surface area contributed by atoms with Gasteiger partial charge in [-0.1, -0.05) is 39.0 Å². The van der Waals surface area contributed by atoms with Gasteiger partial charge in [0, 0.05) is 11.3 Å². The number of aliphatic hydroxyl groups is 1. The molecule has 0 unspecified atom stereocenters. The molecule has 0 saturated heterocycles. The normalized spacial score (nSPS) is 13.0. The van der Waals surface area contributed by atoms with E-state index in [1.165, 1.54) is 11.3 Å².